The van der Waals surface area contributed by atoms with Gasteiger partial charge in [-0.15, -0.1) is 0 Å². The van der Waals surface area contributed by atoms with Crippen LogP contribution >= 0.6 is 0 Å². The van der Waals surface area contributed by atoms with Crippen molar-refractivity contribution in [3.8, 4) is 0 Å². The molecule has 3 N–H and O–H groups in total. The highest BCUT2D eigenvalue weighted by atomic mass is 16.4. The fraction of sp³-hybridized carbons (Fsp3) is 0.467. The quantitative estimate of drug-likeness (QED) is 0.771. The lowest BCUT2D eigenvalue weighted by Gasteiger charge is -2.30. The van der Waals surface area contributed by atoms with Crippen LogP contribution in [0.5, 0.6) is 0 Å². The molecule has 6 heteroatoms. The van der Waals surface area contributed by atoms with Gasteiger partial charge in [-0.1, -0.05) is 24.3 Å². The minimum atomic E-state index is -0.895. The lowest BCUT2D eigenvalue weighted by molar-refractivity contribution is -0.136. The summed E-state index contributed by atoms with van der Waals surface area (Å²) in [6, 6.07) is 6.94. The Hall–Kier alpha value is -2.08. The van der Waals surface area contributed by atoms with Gasteiger partial charge >= 0.3 is 12.0 Å². The smallest absolute Gasteiger partial charge is 0.317 e. The number of carbonyl (C=O) groups excluding carboxylic acids is 1. The fourth-order valence-electron chi connectivity index (χ4n) is 2.49. The lowest BCUT2D eigenvalue weighted by atomic mass is 10.0. The van der Waals surface area contributed by atoms with E-state index in [1.807, 2.05) is 12.1 Å². The third-order valence-corrected chi connectivity index (χ3v) is 3.57. The summed E-state index contributed by atoms with van der Waals surface area (Å²) in [6.07, 6.45) is 1.01. The van der Waals surface area contributed by atoms with Crippen LogP contribution < -0.4 is 5.32 Å². The highest BCUT2D eigenvalue weighted by molar-refractivity contribution is 5.74. The van der Waals surface area contributed by atoms with Crippen LogP contribution in [-0.2, 0) is 17.8 Å². The summed E-state index contributed by atoms with van der Waals surface area (Å²) in [4.78, 5) is 24.4. The van der Waals surface area contributed by atoms with Crippen molar-refractivity contribution in [3.05, 3.63) is 35.4 Å². The first-order valence-electron chi connectivity index (χ1n) is 7.05. The minimum Gasteiger partial charge on any atom is -0.481 e. The number of hydrogen-bond acceptors (Lipinski definition) is 3. The highest BCUT2D eigenvalue weighted by Gasteiger charge is 2.21. The number of nitrogens with one attached hydrogen (secondary N) is 1. The van der Waals surface area contributed by atoms with Crippen molar-refractivity contribution < 1.29 is 19.8 Å². The summed E-state index contributed by atoms with van der Waals surface area (Å²) in [6.45, 7) is 1.27. The Morgan fingerprint density at radius 2 is 2.00 bits per heavy atom. The molecule has 1 aliphatic heterocycles. The number of amides is 2. The van der Waals surface area contributed by atoms with E-state index < -0.39 is 12.1 Å². The monoisotopic (exact) mass is 292 g/mol. The average molecular weight is 292 g/mol. The molecule has 114 valence electrons. The van der Waals surface area contributed by atoms with Crippen LogP contribution in [0.2, 0.25) is 0 Å². The maximum absolute atomic E-state index is 12.0. The Kier molecular flexibility index (Phi) is 5.16. The predicted molar refractivity (Wildman–Crippen MR) is 76.8 cm³/mol. The van der Waals surface area contributed by atoms with Crippen molar-refractivity contribution in [2.45, 2.75) is 31.9 Å². The molecule has 1 heterocycles. The van der Waals surface area contributed by atoms with Gasteiger partial charge in [-0.05, 0) is 24.0 Å². The molecule has 0 aromatic heterocycles. The number of aliphatic carboxylic acids is 1. The molecule has 1 unspecified atom stereocenters. The van der Waals surface area contributed by atoms with Crippen molar-refractivity contribution in [1.29, 1.82) is 0 Å². The number of carboxylic acid groups (broad SMARTS) is 1. The summed E-state index contributed by atoms with van der Waals surface area (Å²) in [5.74, 6) is -0.895. The molecule has 1 saturated heterocycles. The van der Waals surface area contributed by atoms with E-state index in [2.05, 4.69) is 5.32 Å². The number of benzene rings is 1. The van der Waals surface area contributed by atoms with E-state index >= 15 is 0 Å². The molecule has 0 saturated carbocycles. The first kappa shape index (κ1) is 15.3. The van der Waals surface area contributed by atoms with E-state index in [0.29, 0.717) is 18.7 Å². The second-order valence-corrected chi connectivity index (χ2v) is 5.24. The van der Waals surface area contributed by atoms with Crippen molar-refractivity contribution in [2.75, 3.05) is 13.1 Å². The van der Waals surface area contributed by atoms with Gasteiger partial charge in [0.2, 0.25) is 0 Å². The van der Waals surface area contributed by atoms with Gasteiger partial charge in [0.05, 0.1) is 12.5 Å². The summed E-state index contributed by atoms with van der Waals surface area (Å²) in [5.41, 5.74) is 1.50. The molecular formula is C15H20N2O4. The third kappa shape index (κ3) is 4.46. The number of urea groups is 1. The van der Waals surface area contributed by atoms with Crippen LogP contribution in [0.25, 0.3) is 0 Å². The zero-order chi connectivity index (χ0) is 15.2. The maximum Gasteiger partial charge on any atom is 0.317 e. The van der Waals surface area contributed by atoms with Gasteiger partial charge in [0, 0.05) is 19.6 Å². The van der Waals surface area contributed by atoms with Crippen LogP contribution in [0, 0.1) is 0 Å². The van der Waals surface area contributed by atoms with E-state index in [1.54, 1.807) is 17.0 Å². The number of nitrogens with zero attached hydrogens (tertiary/aromatic N) is 1. The Morgan fingerprint density at radius 3 is 2.67 bits per heavy atom. The van der Waals surface area contributed by atoms with E-state index in [0.717, 1.165) is 18.4 Å². The standard InChI is InChI=1S/C15H20N2O4/c18-13-6-3-7-17(10-13)15(21)16-9-12-5-2-1-4-11(12)8-14(19)20/h1-2,4-5,13,18H,3,6-10H2,(H,16,21)(H,19,20). The third-order valence-electron chi connectivity index (χ3n) is 3.57. The van der Waals surface area contributed by atoms with E-state index in [9.17, 15) is 14.7 Å². The molecule has 2 amide bonds. The zero-order valence-electron chi connectivity index (χ0n) is 11.8. The molecule has 2 rings (SSSR count). The summed E-state index contributed by atoms with van der Waals surface area (Å²) < 4.78 is 0. The van der Waals surface area contributed by atoms with Gasteiger partial charge < -0.3 is 20.4 Å². The molecule has 1 atom stereocenters. The van der Waals surface area contributed by atoms with Crippen LogP contribution in [0.15, 0.2) is 24.3 Å². The van der Waals surface area contributed by atoms with Crippen molar-refractivity contribution in [2.24, 2.45) is 0 Å². The summed E-state index contributed by atoms with van der Waals surface area (Å²) in [5, 5.41) is 21.2. The molecule has 1 aromatic rings. The molecule has 0 radical (unpaired) electrons. The lowest BCUT2D eigenvalue weighted by Crippen LogP contribution is -2.46. The SMILES string of the molecule is O=C(O)Cc1ccccc1CNC(=O)N1CCCC(O)C1. The number of rotatable bonds is 4. The second kappa shape index (κ2) is 7.08. The average Bonchev–Trinajstić information content (AvgIpc) is 2.45. The molecule has 0 bridgehead atoms. The largest absolute Gasteiger partial charge is 0.481 e. The first-order chi connectivity index (χ1) is 10.1. The van der Waals surface area contributed by atoms with Crippen LogP contribution in [0.1, 0.15) is 24.0 Å². The Labute approximate surface area is 123 Å². The Balaban J connectivity index is 1.93. The van der Waals surface area contributed by atoms with Gasteiger partial charge in [0.1, 0.15) is 0 Å². The highest BCUT2D eigenvalue weighted by Crippen LogP contribution is 2.12. The van der Waals surface area contributed by atoms with Crippen molar-refractivity contribution in [1.82, 2.24) is 10.2 Å². The summed E-state index contributed by atoms with van der Waals surface area (Å²) >= 11 is 0. The predicted octanol–water partition coefficient (Wildman–Crippen LogP) is 0.980. The van der Waals surface area contributed by atoms with Crippen LogP contribution in [0.3, 0.4) is 0 Å². The van der Waals surface area contributed by atoms with Crippen LogP contribution in [0.4, 0.5) is 4.79 Å². The summed E-state index contributed by atoms with van der Waals surface area (Å²) in [7, 11) is 0. The molecule has 1 aromatic carbocycles. The minimum absolute atomic E-state index is 0.0610. The molecule has 6 nitrogen and oxygen atoms in total. The number of aliphatic hydroxyl groups excluding tert-OH is 1. The number of β-amino-alcohol motifs (C(OH)–C–C–N with tert-alkyl or cyclic N) is 1. The topological polar surface area (TPSA) is 89.9 Å². The molecule has 0 aliphatic carbocycles. The number of carboxylic acids is 1. The van der Waals surface area contributed by atoms with Gasteiger partial charge in [-0.2, -0.15) is 0 Å². The van der Waals surface area contributed by atoms with E-state index in [-0.39, 0.29) is 19.0 Å². The van der Waals surface area contributed by atoms with Gasteiger partial charge in [0.25, 0.3) is 0 Å². The first-order valence-corrected chi connectivity index (χ1v) is 7.05. The number of likely N-dealkylation sites (tertiary alicyclic amines) is 1. The number of hydrogen-bond donors (Lipinski definition) is 3. The molecule has 1 fully saturated rings. The molecular weight excluding hydrogens is 272 g/mol. The Morgan fingerprint density at radius 1 is 1.29 bits per heavy atom. The Bertz CT molecular complexity index is 518. The number of carbonyl (C=O) groups is 2. The van der Waals surface area contributed by atoms with Gasteiger partial charge in [-0.25, -0.2) is 4.79 Å². The van der Waals surface area contributed by atoms with E-state index in [1.165, 1.54) is 0 Å². The number of aliphatic hydroxyl groups is 1. The van der Waals surface area contributed by atoms with E-state index in [4.69, 9.17) is 5.11 Å². The van der Waals surface area contributed by atoms with Crippen molar-refractivity contribution >= 4 is 12.0 Å². The van der Waals surface area contributed by atoms with Gasteiger partial charge in [-0.3, -0.25) is 4.79 Å². The maximum atomic E-state index is 12.0. The van der Waals surface area contributed by atoms with Crippen molar-refractivity contribution in [3.63, 3.8) is 0 Å². The molecule has 21 heavy (non-hydrogen) atoms. The second-order valence-electron chi connectivity index (χ2n) is 5.24. The normalized spacial score (nSPS) is 18.3. The molecule has 1 aliphatic rings. The van der Waals surface area contributed by atoms with Crippen LogP contribution in [-0.4, -0.2) is 46.3 Å². The molecule has 0 spiro atoms. The fourth-order valence-corrected chi connectivity index (χ4v) is 2.49. The zero-order valence-corrected chi connectivity index (χ0v) is 11.8. The van der Waals surface area contributed by atoms with Gasteiger partial charge in [0.15, 0.2) is 0 Å². The number of piperidine rings is 1.